The van der Waals surface area contributed by atoms with Crippen molar-refractivity contribution in [2.45, 2.75) is 6.61 Å². The summed E-state index contributed by atoms with van der Waals surface area (Å²) in [5, 5.41) is 9.94. The third-order valence-corrected chi connectivity index (χ3v) is 4.67. The lowest BCUT2D eigenvalue weighted by atomic mass is 10.2. The van der Waals surface area contributed by atoms with Crippen LogP contribution in [0.5, 0.6) is 5.19 Å². The van der Waals surface area contributed by atoms with Gasteiger partial charge in [-0.1, -0.05) is 29.5 Å². The second kappa shape index (κ2) is 7.12. The molecule has 0 unspecified atom stereocenters. The van der Waals surface area contributed by atoms with Gasteiger partial charge >= 0.3 is 5.69 Å². The number of hydrogen-bond donors (Lipinski definition) is 0. The minimum Gasteiger partial charge on any atom is -0.465 e. The Bertz CT molecular complexity index is 1130. The van der Waals surface area contributed by atoms with Crippen molar-refractivity contribution in [2.75, 3.05) is 0 Å². The van der Waals surface area contributed by atoms with Gasteiger partial charge in [0.2, 0.25) is 0 Å². The monoisotopic (exact) mass is 383 g/mol. The first-order chi connectivity index (χ1) is 13.1. The molecule has 2 aromatic heterocycles. The number of halogens is 1. The van der Waals surface area contributed by atoms with Gasteiger partial charge in [-0.2, -0.15) is 9.36 Å². The summed E-state index contributed by atoms with van der Waals surface area (Å²) in [4.78, 5) is 16.5. The molecule has 0 saturated carbocycles. The van der Waals surface area contributed by atoms with E-state index >= 15 is 0 Å². The highest BCUT2D eigenvalue weighted by atomic mass is 32.1. The van der Waals surface area contributed by atoms with Gasteiger partial charge in [-0.05, 0) is 40.8 Å². The first-order valence-corrected chi connectivity index (χ1v) is 8.91. The molecule has 0 atom stereocenters. The molecule has 0 fully saturated rings. The number of hydrogen-bond acceptors (Lipinski definition) is 6. The van der Waals surface area contributed by atoms with Crippen LogP contribution >= 0.6 is 11.3 Å². The summed E-state index contributed by atoms with van der Waals surface area (Å²) in [6.45, 7) is 0.218. The average molecular weight is 383 g/mol. The van der Waals surface area contributed by atoms with Gasteiger partial charge in [-0.25, -0.2) is 14.2 Å². The Morgan fingerprint density at radius 3 is 2.63 bits per heavy atom. The van der Waals surface area contributed by atoms with Gasteiger partial charge in [0.05, 0.1) is 11.4 Å². The fourth-order valence-electron chi connectivity index (χ4n) is 2.52. The zero-order valence-corrected chi connectivity index (χ0v) is 15.1. The van der Waals surface area contributed by atoms with Crippen molar-refractivity contribution in [3.63, 3.8) is 0 Å². The highest BCUT2D eigenvalue weighted by molar-refractivity contribution is 7.11. The first-order valence-electron chi connectivity index (χ1n) is 8.03. The van der Waals surface area contributed by atoms with Crippen LogP contribution in [-0.2, 0) is 13.7 Å². The maximum Gasteiger partial charge on any atom is 0.368 e. The number of tetrazole rings is 1. The van der Waals surface area contributed by atoms with Crippen LogP contribution in [0.4, 0.5) is 4.39 Å². The largest absolute Gasteiger partial charge is 0.465 e. The number of thiazole rings is 1. The summed E-state index contributed by atoms with van der Waals surface area (Å²) >= 11 is 1.35. The number of aryl methyl sites for hydroxylation is 1. The van der Waals surface area contributed by atoms with Crippen LogP contribution < -0.4 is 10.4 Å². The van der Waals surface area contributed by atoms with Crippen LogP contribution in [0.25, 0.3) is 16.9 Å². The Hall–Kier alpha value is -3.33. The SMILES string of the molecule is Cn1nnn(-c2ccccc2COc2nc(-c3ccc(F)cc3)cs2)c1=O. The smallest absolute Gasteiger partial charge is 0.368 e. The number of ether oxygens (including phenoxy) is 1. The molecule has 4 rings (SSSR count). The minimum absolute atomic E-state index is 0.218. The van der Waals surface area contributed by atoms with Crippen molar-refractivity contribution in [2.24, 2.45) is 7.05 Å². The number of aromatic nitrogens is 5. The van der Waals surface area contributed by atoms with E-state index in [4.69, 9.17) is 4.74 Å². The fraction of sp³-hybridized carbons (Fsp3) is 0.111. The molecular formula is C18H14FN5O2S. The Morgan fingerprint density at radius 2 is 1.89 bits per heavy atom. The molecule has 2 heterocycles. The molecule has 0 amide bonds. The number of para-hydroxylation sites is 1. The van der Waals surface area contributed by atoms with Gasteiger partial charge in [0.15, 0.2) is 0 Å². The Morgan fingerprint density at radius 1 is 1.11 bits per heavy atom. The first kappa shape index (κ1) is 17.1. The van der Waals surface area contributed by atoms with E-state index in [0.717, 1.165) is 15.8 Å². The van der Waals surface area contributed by atoms with Gasteiger partial charge in [0, 0.05) is 23.6 Å². The second-order valence-electron chi connectivity index (χ2n) is 5.72. The predicted molar refractivity (Wildman–Crippen MR) is 98.4 cm³/mol. The average Bonchev–Trinajstić information content (AvgIpc) is 3.28. The quantitative estimate of drug-likeness (QED) is 0.530. The zero-order valence-electron chi connectivity index (χ0n) is 14.2. The van der Waals surface area contributed by atoms with E-state index in [1.807, 2.05) is 23.6 Å². The molecule has 2 aromatic carbocycles. The Balaban J connectivity index is 1.54. The Labute approximate surface area is 157 Å². The van der Waals surface area contributed by atoms with Gasteiger partial charge < -0.3 is 4.74 Å². The van der Waals surface area contributed by atoms with Crippen LogP contribution in [0.15, 0.2) is 58.7 Å². The summed E-state index contributed by atoms with van der Waals surface area (Å²) in [6.07, 6.45) is 0. The molecule has 136 valence electrons. The molecule has 0 radical (unpaired) electrons. The van der Waals surface area contributed by atoms with E-state index in [9.17, 15) is 9.18 Å². The van der Waals surface area contributed by atoms with Crippen LogP contribution in [0.2, 0.25) is 0 Å². The molecule has 0 spiro atoms. The van der Waals surface area contributed by atoms with Gasteiger partial charge in [-0.3, -0.25) is 0 Å². The van der Waals surface area contributed by atoms with Crippen LogP contribution in [-0.4, -0.2) is 24.8 Å². The summed E-state index contributed by atoms with van der Waals surface area (Å²) < 4.78 is 21.2. The van der Waals surface area contributed by atoms with E-state index in [1.54, 1.807) is 18.2 Å². The fourth-order valence-corrected chi connectivity index (χ4v) is 3.20. The van der Waals surface area contributed by atoms with Gasteiger partial charge in [0.1, 0.15) is 12.4 Å². The van der Waals surface area contributed by atoms with E-state index in [-0.39, 0.29) is 18.1 Å². The number of nitrogens with zero attached hydrogens (tertiary/aromatic N) is 5. The molecule has 0 aliphatic rings. The van der Waals surface area contributed by atoms with E-state index in [1.165, 1.54) is 35.2 Å². The number of rotatable bonds is 5. The number of benzene rings is 2. The normalized spacial score (nSPS) is 10.9. The van der Waals surface area contributed by atoms with Crippen molar-refractivity contribution >= 4 is 11.3 Å². The van der Waals surface area contributed by atoms with E-state index in [0.29, 0.717) is 16.6 Å². The maximum absolute atomic E-state index is 13.0. The molecule has 0 bridgehead atoms. The van der Waals surface area contributed by atoms with E-state index in [2.05, 4.69) is 15.4 Å². The van der Waals surface area contributed by atoms with Crippen molar-refractivity contribution in [3.05, 3.63) is 75.8 Å². The molecule has 0 saturated heterocycles. The van der Waals surface area contributed by atoms with Crippen molar-refractivity contribution in [3.8, 4) is 22.1 Å². The molecule has 9 heteroatoms. The molecule has 27 heavy (non-hydrogen) atoms. The zero-order chi connectivity index (χ0) is 18.8. The highest BCUT2D eigenvalue weighted by Crippen LogP contribution is 2.27. The van der Waals surface area contributed by atoms with Crippen molar-refractivity contribution < 1.29 is 9.13 Å². The van der Waals surface area contributed by atoms with Crippen LogP contribution in [0.3, 0.4) is 0 Å². The van der Waals surface area contributed by atoms with Crippen LogP contribution in [0, 0.1) is 5.82 Å². The van der Waals surface area contributed by atoms with E-state index < -0.39 is 0 Å². The van der Waals surface area contributed by atoms with Crippen LogP contribution in [0.1, 0.15) is 5.56 Å². The molecule has 7 nitrogen and oxygen atoms in total. The third-order valence-electron chi connectivity index (χ3n) is 3.92. The van der Waals surface area contributed by atoms with Crippen molar-refractivity contribution in [1.82, 2.24) is 24.8 Å². The lowest BCUT2D eigenvalue weighted by Crippen LogP contribution is -2.23. The Kier molecular flexibility index (Phi) is 4.51. The minimum atomic E-state index is -0.338. The third kappa shape index (κ3) is 3.49. The summed E-state index contributed by atoms with van der Waals surface area (Å²) in [7, 11) is 1.54. The van der Waals surface area contributed by atoms with Crippen molar-refractivity contribution in [1.29, 1.82) is 0 Å². The standard InChI is InChI=1S/C18H14FN5O2S/c1-23-18(25)24(22-21-23)16-5-3-2-4-13(16)10-26-17-20-15(11-27-17)12-6-8-14(19)9-7-12/h2-9,11H,10H2,1H3. The summed E-state index contributed by atoms with van der Waals surface area (Å²) in [5.74, 6) is -0.290. The summed E-state index contributed by atoms with van der Waals surface area (Å²) in [6, 6.07) is 13.4. The maximum atomic E-state index is 13.0. The molecule has 0 aliphatic heterocycles. The lowest BCUT2D eigenvalue weighted by Gasteiger charge is -2.08. The molecule has 0 N–H and O–H groups in total. The second-order valence-corrected chi connectivity index (χ2v) is 6.54. The predicted octanol–water partition coefficient (Wildman–Crippen LogP) is 2.81. The highest BCUT2D eigenvalue weighted by Gasteiger charge is 2.12. The lowest BCUT2D eigenvalue weighted by molar-refractivity contribution is 0.304. The molecule has 4 aromatic rings. The van der Waals surface area contributed by atoms with Gasteiger partial charge in [0.25, 0.3) is 5.19 Å². The van der Waals surface area contributed by atoms with Gasteiger partial charge in [-0.15, -0.1) is 0 Å². The molecular weight excluding hydrogens is 369 g/mol. The molecule has 0 aliphatic carbocycles. The summed E-state index contributed by atoms with van der Waals surface area (Å²) in [5.41, 5.74) is 2.57. The topological polar surface area (TPSA) is 74.8 Å².